The lowest BCUT2D eigenvalue weighted by molar-refractivity contribution is -0.130. The number of fused-ring (bicyclic) bond motifs is 1. The molecule has 0 saturated carbocycles. The Balaban J connectivity index is 1.61. The summed E-state index contributed by atoms with van der Waals surface area (Å²) in [5, 5.41) is 10.2. The Morgan fingerprint density at radius 2 is 1.97 bits per heavy atom. The number of carbonyl (C=O) groups excluding carboxylic acids is 1. The molecule has 4 N–H and O–H groups in total. The summed E-state index contributed by atoms with van der Waals surface area (Å²) in [6, 6.07) is 17.0. The smallest absolute Gasteiger partial charge is 0.245 e. The standard InChI is InChI=1S/C27H31N3O5S/c1-3-4-13-30-14-15-36(33,34)27(19-30,17-26(31)29-32)22-9-11-23(12-10-22)35-18-21-16-20(2)28-25-8-6-5-7-24(21)25/h5-12,16,32-34H,13-15,17-19H2,1-2H3,(H,29,31). The van der Waals surface area contributed by atoms with Gasteiger partial charge in [0, 0.05) is 29.7 Å². The monoisotopic (exact) mass is 509 g/mol. The predicted molar refractivity (Wildman–Crippen MR) is 141 cm³/mol. The van der Waals surface area contributed by atoms with Crippen molar-refractivity contribution in [3.8, 4) is 17.6 Å². The highest BCUT2D eigenvalue weighted by Crippen LogP contribution is 2.62. The van der Waals surface area contributed by atoms with E-state index >= 15 is 0 Å². The number of benzene rings is 2. The highest BCUT2D eigenvalue weighted by atomic mass is 32.3. The molecule has 3 aromatic rings. The van der Waals surface area contributed by atoms with Gasteiger partial charge in [-0.2, -0.15) is 10.6 Å². The summed E-state index contributed by atoms with van der Waals surface area (Å²) >= 11 is 0. The molecule has 1 aliphatic heterocycles. The van der Waals surface area contributed by atoms with Gasteiger partial charge in [0.15, 0.2) is 0 Å². The average molecular weight is 510 g/mol. The number of nitrogens with zero attached hydrogens (tertiary/aromatic N) is 2. The molecule has 36 heavy (non-hydrogen) atoms. The fraction of sp³-hybridized carbons (Fsp3) is 0.333. The number of hydroxylamine groups is 1. The van der Waals surface area contributed by atoms with Crippen LogP contribution < -0.4 is 10.2 Å². The SMILES string of the molecule is CC#CCN1CCS(O)(O)C(CC(=O)NO)(c2ccc(OCc3cc(C)nc4ccccc34)cc2)C1. The van der Waals surface area contributed by atoms with E-state index in [2.05, 4.69) is 16.8 Å². The van der Waals surface area contributed by atoms with Crippen LogP contribution in [0.25, 0.3) is 10.9 Å². The van der Waals surface area contributed by atoms with Crippen LogP contribution in [0.5, 0.6) is 5.75 Å². The van der Waals surface area contributed by atoms with Crippen molar-refractivity contribution in [3.05, 3.63) is 71.4 Å². The van der Waals surface area contributed by atoms with E-state index in [1.165, 1.54) is 0 Å². The lowest BCUT2D eigenvalue weighted by atomic mass is 9.93. The van der Waals surface area contributed by atoms with Gasteiger partial charge in [0.2, 0.25) is 5.91 Å². The van der Waals surface area contributed by atoms with E-state index in [9.17, 15) is 19.1 Å². The number of ether oxygens (including phenoxy) is 1. The lowest BCUT2D eigenvalue weighted by Crippen LogP contribution is -2.53. The van der Waals surface area contributed by atoms with Gasteiger partial charge in [0.25, 0.3) is 0 Å². The first-order chi connectivity index (χ1) is 17.3. The van der Waals surface area contributed by atoms with Gasteiger partial charge >= 0.3 is 0 Å². The number of carbonyl (C=O) groups is 1. The number of rotatable bonds is 7. The Morgan fingerprint density at radius 1 is 1.22 bits per heavy atom. The zero-order valence-electron chi connectivity index (χ0n) is 20.4. The molecule has 0 bridgehead atoms. The van der Waals surface area contributed by atoms with Crippen LogP contribution in [0.4, 0.5) is 0 Å². The number of hydrogen-bond donors (Lipinski definition) is 4. The first-order valence-electron chi connectivity index (χ1n) is 11.7. The number of para-hydroxylation sites is 1. The second-order valence-electron chi connectivity index (χ2n) is 8.97. The summed E-state index contributed by atoms with van der Waals surface area (Å²) in [6.07, 6.45) is -0.273. The Hall–Kier alpha value is -3.13. The number of hydrogen-bond acceptors (Lipinski definition) is 7. The van der Waals surface area contributed by atoms with Gasteiger partial charge in [0.05, 0.1) is 24.2 Å². The fourth-order valence-electron chi connectivity index (χ4n) is 4.70. The van der Waals surface area contributed by atoms with E-state index < -0.39 is 21.2 Å². The molecule has 190 valence electrons. The Bertz CT molecular complexity index is 1300. The number of pyridine rings is 1. The molecule has 8 nitrogen and oxygen atoms in total. The highest BCUT2D eigenvalue weighted by Gasteiger charge is 2.50. The van der Waals surface area contributed by atoms with Crippen LogP contribution in [0, 0.1) is 18.8 Å². The van der Waals surface area contributed by atoms with Crippen molar-refractivity contribution in [1.82, 2.24) is 15.4 Å². The molecule has 1 aliphatic rings. The van der Waals surface area contributed by atoms with Gasteiger partial charge in [-0.3, -0.25) is 29.0 Å². The average Bonchev–Trinajstić information content (AvgIpc) is 2.87. The van der Waals surface area contributed by atoms with Gasteiger partial charge in [-0.25, -0.2) is 5.48 Å². The minimum absolute atomic E-state index is 0.115. The van der Waals surface area contributed by atoms with Crippen molar-refractivity contribution >= 4 is 27.4 Å². The number of nitrogens with one attached hydrogen (secondary N) is 1. The maximum absolute atomic E-state index is 12.3. The largest absolute Gasteiger partial charge is 0.489 e. The third-order valence-electron chi connectivity index (χ3n) is 6.55. The number of amides is 1. The second kappa shape index (κ2) is 10.9. The minimum Gasteiger partial charge on any atom is -0.489 e. The predicted octanol–water partition coefficient (Wildman–Crippen LogP) is 4.30. The van der Waals surface area contributed by atoms with Crippen LogP contribution >= 0.6 is 10.6 Å². The van der Waals surface area contributed by atoms with E-state index in [0.717, 1.165) is 22.2 Å². The van der Waals surface area contributed by atoms with Crippen LogP contribution in [0.2, 0.25) is 0 Å². The molecule has 0 spiro atoms. The molecule has 1 atom stereocenters. The minimum atomic E-state index is -3.21. The van der Waals surface area contributed by atoms with Crippen LogP contribution in [0.3, 0.4) is 0 Å². The second-order valence-corrected chi connectivity index (χ2v) is 11.5. The molecule has 0 aliphatic carbocycles. The topological polar surface area (TPSA) is 115 Å². The van der Waals surface area contributed by atoms with E-state index in [1.807, 2.05) is 42.2 Å². The van der Waals surface area contributed by atoms with E-state index in [4.69, 9.17) is 4.74 Å². The maximum atomic E-state index is 12.3. The summed E-state index contributed by atoms with van der Waals surface area (Å²) < 4.78 is 27.1. The van der Waals surface area contributed by atoms with Crippen molar-refractivity contribution in [2.24, 2.45) is 0 Å². The first-order valence-corrected chi connectivity index (χ1v) is 13.4. The van der Waals surface area contributed by atoms with Gasteiger partial charge in [-0.05, 0) is 43.7 Å². The Kier molecular flexibility index (Phi) is 7.83. The molecule has 1 unspecified atom stereocenters. The van der Waals surface area contributed by atoms with E-state index in [-0.39, 0.29) is 18.7 Å². The highest BCUT2D eigenvalue weighted by molar-refractivity contribution is 8.25. The molecule has 0 radical (unpaired) electrons. The summed E-state index contributed by atoms with van der Waals surface area (Å²) in [5.74, 6) is 5.91. The number of aromatic nitrogens is 1. The molecule has 9 heteroatoms. The Morgan fingerprint density at radius 3 is 2.69 bits per heavy atom. The van der Waals surface area contributed by atoms with Crippen LogP contribution in [-0.2, 0) is 16.1 Å². The molecule has 1 amide bonds. The van der Waals surface area contributed by atoms with Crippen molar-refractivity contribution in [1.29, 1.82) is 0 Å². The summed E-state index contributed by atoms with van der Waals surface area (Å²) in [7, 11) is -3.21. The Labute approximate surface area is 212 Å². The summed E-state index contributed by atoms with van der Waals surface area (Å²) in [5.41, 5.74) is 5.08. The fourth-order valence-corrected chi connectivity index (χ4v) is 6.87. The number of aryl methyl sites for hydroxylation is 1. The molecule has 1 aromatic heterocycles. The van der Waals surface area contributed by atoms with Gasteiger partial charge in [-0.1, -0.05) is 36.3 Å². The van der Waals surface area contributed by atoms with Gasteiger partial charge < -0.3 is 4.74 Å². The van der Waals surface area contributed by atoms with Crippen molar-refractivity contribution < 1.29 is 23.8 Å². The van der Waals surface area contributed by atoms with Gasteiger partial charge in [-0.15, -0.1) is 5.92 Å². The van der Waals surface area contributed by atoms with Crippen molar-refractivity contribution in [2.45, 2.75) is 31.6 Å². The van der Waals surface area contributed by atoms with Gasteiger partial charge in [0.1, 0.15) is 17.1 Å². The third-order valence-corrected chi connectivity index (χ3v) is 9.06. The van der Waals surface area contributed by atoms with E-state index in [0.29, 0.717) is 31.0 Å². The molecular formula is C27H31N3O5S. The van der Waals surface area contributed by atoms with Crippen LogP contribution in [0.1, 0.15) is 30.2 Å². The van der Waals surface area contributed by atoms with E-state index in [1.54, 1.807) is 36.7 Å². The lowest BCUT2D eigenvalue weighted by Gasteiger charge is -2.56. The molecule has 2 heterocycles. The third kappa shape index (κ3) is 5.33. The molecule has 1 fully saturated rings. The van der Waals surface area contributed by atoms with Crippen LogP contribution in [0.15, 0.2) is 54.6 Å². The first kappa shape index (κ1) is 25.9. The summed E-state index contributed by atoms with van der Waals surface area (Å²) in [4.78, 5) is 18.8. The quantitative estimate of drug-likeness (QED) is 0.213. The van der Waals surface area contributed by atoms with Crippen molar-refractivity contribution in [3.63, 3.8) is 0 Å². The maximum Gasteiger partial charge on any atom is 0.245 e. The normalized spacial score (nSPS) is 20.2. The van der Waals surface area contributed by atoms with Crippen molar-refractivity contribution in [2.75, 3.05) is 25.4 Å². The zero-order valence-corrected chi connectivity index (χ0v) is 21.2. The summed E-state index contributed by atoms with van der Waals surface area (Å²) in [6.45, 7) is 5.18. The zero-order chi connectivity index (χ0) is 25.8. The molecule has 1 saturated heterocycles. The van der Waals surface area contributed by atoms with Crippen LogP contribution in [-0.4, -0.2) is 55.5 Å². The molecule has 4 rings (SSSR count). The molecule has 2 aromatic carbocycles. The molecular weight excluding hydrogens is 478 g/mol.